The first-order chi connectivity index (χ1) is 14.7. The molecule has 1 aromatic carbocycles. The van der Waals surface area contributed by atoms with Crippen LogP contribution in [0.4, 0.5) is 5.82 Å². The second kappa shape index (κ2) is 9.34. The van der Waals surface area contributed by atoms with Gasteiger partial charge < -0.3 is 14.4 Å². The number of aryl methyl sites for hydroxylation is 1. The second-order valence-corrected chi connectivity index (χ2v) is 8.90. The van der Waals surface area contributed by atoms with Gasteiger partial charge in [-0.15, -0.1) is 0 Å². The zero-order valence-corrected chi connectivity index (χ0v) is 18.4. The van der Waals surface area contributed by atoms with E-state index in [1.54, 1.807) is 55.1 Å². The third-order valence-corrected chi connectivity index (χ3v) is 6.11. The summed E-state index contributed by atoms with van der Waals surface area (Å²) < 4.78 is 37.1. The number of hydrogen-bond donors (Lipinski definition) is 1. The van der Waals surface area contributed by atoms with Crippen molar-refractivity contribution in [1.82, 2.24) is 9.71 Å². The maximum absolute atomic E-state index is 12.4. The summed E-state index contributed by atoms with van der Waals surface area (Å²) in [5.41, 5.74) is 1.39. The van der Waals surface area contributed by atoms with Gasteiger partial charge in [0, 0.05) is 19.2 Å². The van der Waals surface area contributed by atoms with E-state index in [0.717, 1.165) is 0 Å². The molecular weight excluding hydrogens is 422 g/mol. The molecule has 9 nitrogen and oxygen atoms in total. The van der Waals surface area contributed by atoms with Crippen molar-refractivity contribution in [2.24, 2.45) is 5.92 Å². The van der Waals surface area contributed by atoms with Crippen molar-refractivity contribution < 1.29 is 27.5 Å². The average molecular weight is 448 g/mol. The summed E-state index contributed by atoms with van der Waals surface area (Å²) in [6.07, 6.45) is 0. The predicted molar refractivity (Wildman–Crippen MR) is 114 cm³/mol. The molecule has 31 heavy (non-hydrogen) atoms. The van der Waals surface area contributed by atoms with Gasteiger partial charge in [-0.3, -0.25) is 9.52 Å². The topological polar surface area (TPSA) is 115 Å². The van der Waals surface area contributed by atoms with E-state index >= 15 is 0 Å². The molecule has 0 spiro atoms. The van der Waals surface area contributed by atoms with Crippen molar-refractivity contribution in [2.75, 3.05) is 31.7 Å². The van der Waals surface area contributed by atoms with Crippen LogP contribution >= 0.6 is 0 Å². The van der Waals surface area contributed by atoms with Crippen molar-refractivity contribution in [1.29, 1.82) is 0 Å². The van der Waals surface area contributed by atoms with Gasteiger partial charge in [0.15, 0.2) is 11.6 Å². The third-order valence-electron chi connectivity index (χ3n) is 4.88. The Kier molecular flexibility index (Phi) is 6.79. The minimum Gasteiger partial charge on any atom is -0.493 e. The Morgan fingerprint density at radius 1 is 1.23 bits per heavy atom. The lowest BCUT2D eigenvalue weighted by Crippen LogP contribution is -2.55. The number of sulfonamides is 1. The summed E-state index contributed by atoms with van der Waals surface area (Å²) in [5.74, 6) is -0.928. The number of ether oxygens (including phenoxy) is 2. The van der Waals surface area contributed by atoms with Crippen molar-refractivity contribution in [3.05, 3.63) is 53.2 Å². The summed E-state index contributed by atoms with van der Waals surface area (Å²) in [5, 5.41) is 0. The van der Waals surface area contributed by atoms with Crippen LogP contribution in [0.5, 0.6) is 5.75 Å². The summed E-state index contributed by atoms with van der Waals surface area (Å²) in [7, 11) is -2.32. The van der Waals surface area contributed by atoms with Crippen molar-refractivity contribution in [2.45, 2.75) is 19.6 Å². The smallest absolute Gasteiger partial charge is 0.340 e. The Morgan fingerprint density at radius 3 is 2.52 bits per heavy atom. The molecule has 1 aromatic heterocycles. The molecule has 1 fully saturated rings. The van der Waals surface area contributed by atoms with E-state index in [-0.39, 0.29) is 25.4 Å². The Balaban J connectivity index is 1.64. The Hall–Kier alpha value is -3.14. The second-order valence-electron chi connectivity index (χ2n) is 7.18. The molecule has 0 atom stereocenters. The van der Waals surface area contributed by atoms with E-state index in [4.69, 9.17) is 9.47 Å². The monoisotopic (exact) mass is 447 g/mol. The Bertz CT molecular complexity index is 1070. The molecule has 1 saturated heterocycles. The number of anilines is 1. The standard InChI is InChI=1S/C21H25N3O6S/c1-4-30-21(26)17-10-18(29-3)19(22-14(17)2)24-11-16(12-24)20(25)23-31(27,28)13-15-8-6-5-7-9-15/h5-10,16H,4,11-13H2,1-3H3,(H,23,25). The first kappa shape index (κ1) is 22.5. The number of carbonyl (C=O) groups is 2. The highest BCUT2D eigenvalue weighted by Gasteiger charge is 2.37. The van der Waals surface area contributed by atoms with Crippen LogP contribution in [0, 0.1) is 12.8 Å². The Morgan fingerprint density at radius 2 is 1.90 bits per heavy atom. The molecule has 0 radical (unpaired) electrons. The number of hydrogen-bond acceptors (Lipinski definition) is 8. The van der Waals surface area contributed by atoms with Gasteiger partial charge in [-0.05, 0) is 19.4 Å². The van der Waals surface area contributed by atoms with Crippen LogP contribution in [0.2, 0.25) is 0 Å². The molecule has 2 aromatic rings. The van der Waals surface area contributed by atoms with Crippen LogP contribution in [-0.4, -0.2) is 52.1 Å². The van der Waals surface area contributed by atoms with Gasteiger partial charge in [0.1, 0.15) is 0 Å². The summed E-state index contributed by atoms with van der Waals surface area (Å²) in [6.45, 7) is 4.23. The van der Waals surface area contributed by atoms with Crippen molar-refractivity contribution >= 4 is 27.7 Å². The molecule has 1 aliphatic rings. The number of nitrogens with zero attached hydrogens (tertiary/aromatic N) is 2. The highest BCUT2D eigenvalue weighted by atomic mass is 32.2. The number of amides is 1. The van der Waals surface area contributed by atoms with Gasteiger partial charge in [0.2, 0.25) is 15.9 Å². The van der Waals surface area contributed by atoms with E-state index in [9.17, 15) is 18.0 Å². The maximum Gasteiger partial charge on any atom is 0.340 e. The van der Waals surface area contributed by atoms with Gasteiger partial charge >= 0.3 is 5.97 Å². The highest BCUT2D eigenvalue weighted by Crippen LogP contribution is 2.33. The fourth-order valence-corrected chi connectivity index (χ4v) is 4.43. The van der Waals surface area contributed by atoms with Gasteiger partial charge in [-0.1, -0.05) is 30.3 Å². The SMILES string of the molecule is CCOC(=O)c1cc(OC)c(N2CC(C(=O)NS(=O)(=O)Cc3ccccc3)C2)nc1C. The van der Waals surface area contributed by atoms with Crippen LogP contribution in [-0.2, 0) is 25.3 Å². The first-order valence-corrected chi connectivity index (χ1v) is 11.4. The van der Waals surface area contributed by atoms with Crippen LogP contribution in [0.1, 0.15) is 28.5 Å². The molecule has 1 N–H and O–H groups in total. The number of methoxy groups -OCH3 is 1. The molecule has 166 valence electrons. The molecule has 1 amide bonds. The van der Waals surface area contributed by atoms with Gasteiger partial charge in [-0.25, -0.2) is 18.2 Å². The van der Waals surface area contributed by atoms with Crippen LogP contribution in [0.15, 0.2) is 36.4 Å². The molecule has 1 aliphatic heterocycles. The molecule has 3 rings (SSSR count). The Labute approximate surface area is 181 Å². The van der Waals surface area contributed by atoms with E-state index in [1.165, 1.54) is 7.11 Å². The fraction of sp³-hybridized carbons (Fsp3) is 0.381. The van der Waals surface area contributed by atoms with Crippen molar-refractivity contribution in [3.8, 4) is 5.75 Å². The number of pyridine rings is 1. The number of carbonyl (C=O) groups excluding carboxylic acids is 2. The molecular formula is C21H25N3O6S. The van der Waals surface area contributed by atoms with E-state index in [0.29, 0.717) is 28.4 Å². The molecule has 0 unspecified atom stereocenters. The lowest BCUT2D eigenvalue weighted by atomic mass is 9.99. The predicted octanol–water partition coefficient (Wildman–Crippen LogP) is 1.66. The summed E-state index contributed by atoms with van der Waals surface area (Å²) in [4.78, 5) is 30.7. The maximum atomic E-state index is 12.4. The van der Waals surface area contributed by atoms with Gasteiger partial charge in [0.25, 0.3) is 0 Å². The lowest BCUT2D eigenvalue weighted by molar-refractivity contribution is -0.123. The third kappa shape index (κ3) is 5.32. The molecule has 10 heteroatoms. The van der Waals surface area contributed by atoms with Gasteiger partial charge in [-0.2, -0.15) is 0 Å². The zero-order chi connectivity index (χ0) is 22.6. The van der Waals surface area contributed by atoms with Crippen molar-refractivity contribution in [3.63, 3.8) is 0 Å². The largest absolute Gasteiger partial charge is 0.493 e. The average Bonchev–Trinajstić information content (AvgIpc) is 2.67. The molecule has 0 saturated carbocycles. The molecule has 0 aliphatic carbocycles. The summed E-state index contributed by atoms with van der Waals surface area (Å²) in [6, 6.07) is 10.2. The first-order valence-electron chi connectivity index (χ1n) is 9.80. The fourth-order valence-electron chi connectivity index (χ4n) is 3.25. The minimum atomic E-state index is -3.79. The number of aromatic nitrogens is 1. The summed E-state index contributed by atoms with van der Waals surface area (Å²) >= 11 is 0. The number of benzene rings is 1. The van der Waals surface area contributed by atoms with Crippen LogP contribution in [0.25, 0.3) is 0 Å². The number of rotatable bonds is 8. The quantitative estimate of drug-likeness (QED) is 0.608. The van der Waals surface area contributed by atoms with Crippen LogP contribution in [0.3, 0.4) is 0 Å². The molecule has 2 heterocycles. The lowest BCUT2D eigenvalue weighted by Gasteiger charge is -2.39. The van der Waals surface area contributed by atoms with E-state index in [1.807, 2.05) is 0 Å². The van der Waals surface area contributed by atoms with Crippen LogP contribution < -0.4 is 14.4 Å². The zero-order valence-electron chi connectivity index (χ0n) is 17.6. The van der Waals surface area contributed by atoms with E-state index < -0.39 is 27.8 Å². The number of esters is 1. The normalized spacial score (nSPS) is 14.0. The van der Waals surface area contributed by atoms with E-state index in [2.05, 4.69) is 9.71 Å². The highest BCUT2D eigenvalue weighted by molar-refractivity contribution is 7.89. The number of nitrogens with one attached hydrogen (secondary N) is 1. The molecule has 0 bridgehead atoms. The minimum absolute atomic E-state index is 0.248. The van der Waals surface area contributed by atoms with Gasteiger partial charge in [0.05, 0.1) is 36.6 Å².